The minimum Gasteiger partial charge on any atom is -0.288 e. The van der Waals surface area contributed by atoms with E-state index in [1.807, 2.05) is 0 Å². The normalized spacial score (nSPS) is 13.8. The Labute approximate surface area is 153 Å². The minimum absolute atomic E-state index is 0.00829. The lowest BCUT2D eigenvalue weighted by Crippen LogP contribution is -2.42. The number of carbonyl (C=O) groups is 3. The molecule has 3 amide bonds. The molecular formula is C16H15ClN4O3S. The van der Waals surface area contributed by atoms with Gasteiger partial charge in [-0.1, -0.05) is 17.7 Å². The maximum Gasteiger partial charge on any atom is 0.269 e. The summed E-state index contributed by atoms with van der Waals surface area (Å²) in [5, 5.41) is 2.78. The summed E-state index contributed by atoms with van der Waals surface area (Å²) in [7, 11) is 0. The van der Waals surface area contributed by atoms with Gasteiger partial charge in [0, 0.05) is 28.9 Å². The summed E-state index contributed by atoms with van der Waals surface area (Å²) in [4.78, 5) is 41.5. The van der Waals surface area contributed by atoms with Crippen LogP contribution in [0.1, 0.15) is 28.9 Å². The molecule has 1 saturated heterocycles. The molecule has 1 fully saturated rings. The molecule has 1 aromatic carbocycles. The molecule has 0 saturated carbocycles. The fourth-order valence-corrected chi connectivity index (χ4v) is 3.45. The van der Waals surface area contributed by atoms with E-state index in [4.69, 9.17) is 11.6 Å². The van der Waals surface area contributed by atoms with Crippen molar-refractivity contribution >= 4 is 45.8 Å². The Balaban J connectivity index is 1.52. The first-order valence-corrected chi connectivity index (χ1v) is 8.88. The van der Waals surface area contributed by atoms with Gasteiger partial charge in [0.25, 0.3) is 5.91 Å². The Kier molecular flexibility index (Phi) is 5.30. The lowest BCUT2D eigenvalue weighted by atomic mass is 10.2. The van der Waals surface area contributed by atoms with Gasteiger partial charge in [0.1, 0.15) is 0 Å². The third kappa shape index (κ3) is 4.34. The molecule has 0 atom stereocenters. The summed E-state index contributed by atoms with van der Waals surface area (Å²) >= 11 is 7.15. The summed E-state index contributed by atoms with van der Waals surface area (Å²) in [6, 6.07) is 6.40. The van der Waals surface area contributed by atoms with E-state index in [-0.39, 0.29) is 12.3 Å². The highest BCUT2D eigenvalue weighted by atomic mass is 35.5. The zero-order chi connectivity index (χ0) is 17.8. The maximum atomic E-state index is 11.9. The monoisotopic (exact) mass is 378 g/mol. The van der Waals surface area contributed by atoms with Crippen LogP contribution in [0.5, 0.6) is 0 Å². The third-order valence-electron chi connectivity index (χ3n) is 3.59. The lowest BCUT2D eigenvalue weighted by molar-refractivity contribution is -0.121. The Morgan fingerprint density at radius 1 is 1.32 bits per heavy atom. The predicted molar refractivity (Wildman–Crippen MR) is 94.5 cm³/mol. The van der Waals surface area contributed by atoms with Crippen LogP contribution >= 0.6 is 22.9 Å². The number of anilines is 1. The number of aromatic nitrogens is 1. The summed E-state index contributed by atoms with van der Waals surface area (Å²) in [5.41, 5.74) is 5.56. The van der Waals surface area contributed by atoms with Gasteiger partial charge >= 0.3 is 0 Å². The van der Waals surface area contributed by atoms with Crippen LogP contribution < -0.4 is 15.8 Å². The van der Waals surface area contributed by atoms with E-state index in [0.717, 1.165) is 6.42 Å². The van der Waals surface area contributed by atoms with Gasteiger partial charge in [-0.05, 0) is 24.6 Å². The zero-order valence-electron chi connectivity index (χ0n) is 13.1. The summed E-state index contributed by atoms with van der Waals surface area (Å²) in [6.07, 6.45) is 1.36. The van der Waals surface area contributed by atoms with Gasteiger partial charge in [0.2, 0.25) is 11.8 Å². The SMILES string of the molecule is O=C(Cc1csc(N2CCCC2=O)n1)NNC(=O)c1cccc(Cl)c1. The van der Waals surface area contributed by atoms with Crippen LogP contribution in [-0.2, 0) is 16.0 Å². The molecule has 1 aliphatic heterocycles. The average Bonchev–Trinajstić information content (AvgIpc) is 3.21. The number of nitrogens with one attached hydrogen (secondary N) is 2. The number of halogens is 1. The molecule has 1 aromatic heterocycles. The maximum absolute atomic E-state index is 11.9. The second kappa shape index (κ2) is 7.62. The number of rotatable bonds is 4. The van der Waals surface area contributed by atoms with Crippen molar-refractivity contribution in [2.24, 2.45) is 0 Å². The summed E-state index contributed by atoms with van der Waals surface area (Å²) < 4.78 is 0. The number of hydrogen-bond acceptors (Lipinski definition) is 5. The van der Waals surface area contributed by atoms with Crippen LogP contribution in [-0.4, -0.2) is 29.3 Å². The molecule has 130 valence electrons. The predicted octanol–water partition coefficient (Wildman–Crippen LogP) is 1.93. The zero-order valence-corrected chi connectivity index (χ0v) is 14.7. The second-order valence-corrected chi connectivity index (χ2v) is 6.73. The van der Waals surface area contributed by atoms with Crippen LogP contribution in [0.2, 0.25) is 5.02 Å². The largest absolute Gasteiger partial charge is 0.288 e. The molecule has 0 bridgehead atoms. The topological polar surface area (TPSA) is 91.4 Å². The van der Waals surface area contributed by atoms with Crippen LogP contribution in [0.4, 0.5) is 5.13 Å². The van der Waals surface area contributed by atoms with E-state index < -0.39 is 11.8 Å². The molecule has 7 nitrogen and oxygen atoms in total. The minimum atomic E-state index is -0.461. The average molecular weight is 379 g/mol. The van der Waals surface area contributed by atoms with E-state index in [9.17, 15) is 14.4 Å². The van der Waals surface area contributed by atoms with Gasteiger partial charge in [-0.25, -0.2) is 4.98 Å². The van der Waals surface area contributed by atoms with Crippen molar-refractivity contribution in [3.05, 3.63) is 45.9 Å². The number of nitrogens with zero attached hydrogens (tertiary/aromatic N) is 2. The van der Waals surface area contributed by atoms with E-state index >= 15 is 0 Å². The molecule has 2 aromatic rings. The Hall–Kier alpha value is -2.45. The molecule has 0 spiro atoms. The van der Waals surface area contributed by atoms with Gasteiger partial charge < -0.3 is 0 Å². The van der Waals surface area contributed by atoms with E-state index in [1.54, 1.807) is 28.5 Å². The first-order valence-electron chi connectivity index (χ1n) is 7.62. The number of benzene rings is 1. The molecule has 2 heterocycles. The molecule has 9 heteroatoms. The molecule has 1 aliphatic rings. The van der Waals surface area contributed by atoms with Gasteiger partial charge in [-0.15, -0.1) is 11.3 Å². The van der Waals surface area contributed by atoms with Gasteiger partial charge in [-0.2, -0.15) is 0 Å². The fourth-order valence-electron chi connectivity index (χ4n) is 2.39. The first kappa shape index (κ1) is 17.4. The van der Waals surface area contributed by atoms with Gasteiger partial charge in [-0.3, -0.25) is 30.1 Å². The Morgan fingerprint density at radius 2 is 2.16 bits per heavy atom. The fraction of sp³-hybridized carbons (Fsp3) is 0.250. The second-order valence-electron chi connectivity index (χ2n) is 5.46. The van der Waals surface area contributed by atoms with Crippen molar-refractivity contribution in [1.82, 2.24) is 15.8 Å². The molecule has 0 radical (unpaired) electrons. The van der Waals surface area contributed by atoms with Crippen LogP contribution in [0, 0.1) is 0 Å². The first-order chi connectivity index (χ1) is 12.0. The van der Waals surface area contributed by atoms with Crippen molar-refractivity contribution in [3.63, 3.8) is 0 Å². The van der Waals surface area contributed by atoms with Crippen LogP contribution in [0.25, 0.3) is 0 Å². The number of hydrogen-bond donors (Lipinski definition) is 2. The molecule has 0 aliphatic carbocycles. The molecule has 2 N–H and O–H groups in total. The van der Waals surface area contributed by atoms with Crippen molar-refractivity contribution in [1.29, 1.82) is 0 Å². The lowest BCUT2D eigenvalue weighted by Gasteiger charge is -2.10. The van der Waals surface area contributed by atoms with Crippen LogP contribution in [0.3, 0.4) is 0 Å². The highest BCUT2D eigenvalue weighted by Crippen LogP contribution is 2.25. The van der Waals surface area contributed by atoms with Gasteiger partial charge in [0.15, 0.2) is 5.13 Å². The standard InChI is InChI=1S/C16H15ClN4O3S/c17-11-4-1-3-10(7-11)15(24)20-19-13(22)8-12-9-25-16(18-12)21-6-2-5-14(21)23/h1,3-4,7,9H,2,5-6,8H2,(H,19,22)(H,20,24). The number of thiazole rings is 1. The highest BCUT2D eigenvalue weighted by Gasteiger charge is 2.24. The number of hydrazine groups is 1. The van der Waals surface area contributed by atoms with Crippen molar-refractivity contribution in [2.75, 3.05) is 11.4 Å². The molecule has 0 unspecified atom stereocenters. The van der Waals surface area contributed by atoms with Crippen molar-refractivity contribution < 1.29 is 14.4 Å². The van der Waals surface area contributed by atoms with Crippen molar-refractivity contribution in [3.8, 4) is 0 Å². The van der Waals surface area contributed by atoms with Gasteiger partial charge in [0.05, 0.1) is 12.1 Å². The Morgan fingerprint density at radius 3 is 2.88 bits per heavy atom. The third-order valence-corrected chi connectivity index (χ3v) is 4.74. The van der Waals surface area contributed by atoms with Crippen molar-refractivity contribution in [2.45, 2.75) is 19.3 Å². The van der Waals surface area contributed by atoms with E-state index in [1.165, 1.54) is 17.4 Å². The molecular weight excluding hydrogens is 364 g/mol. The van der Waals surface area contributed by atoms with Crippen LogP contribution in [0.15, 0.2) is 29.6 Å². The number of carbonyl (C=O) groups excluding carboxylic acids is 3. The quantitative estimate of drug-likeness (QED) is 0.795. The molecule has 3 rings (SSSR count). The smallest absolute Gasteiger partial charge is 0.269 e. The highest BCUT2D eigenvalue weighted by molar-refractivity contribution is 7.14. The van der Waals surface area contributed by atoms with E-state index in [0.29, 0.717) is 34.4 Å². The summed E-state index contributed by atoms with van der Waals surface area (Å²) in [5.74, 6) is -0.809. The number of amides is 3. The Bertz CT molecular complexity index is 823. The van der Waals surface area contributed by atoms with E-state index in [2.05, 4.69) is 15.8 Å². The summed E-state index contributed by atoms with van der Waals surface area (Å²) in [6.45, 7) is 0.660. The molecule has 25 heavy (non-hydrogen) atoms.